The van der Waals surface area contributed by atoms with Crippen molar-refractivity contribution in [2.24, 2.45) is 16.7 Å². The summed E-state index contributed by atoms with van der Waals surface area (Å²) in [6, 6.07) is 5.72. The van der Waals surface area contributed by atoms with Crippen LogP contribution in [0.1, 0.15) is 90.7 Å². The number of ether oxygens (including phenoxy) is 1. The van der Waals surface area contributed by atoms with E-state index in [2.05, 4.69) is 43.4 Å². The number of hydrogen-bond acceptors (Lipinski definition) is 7. The van der Waals surface area contributed by atoms with Crippen molar-refractivity contribution < 1.29 is 32.6 Å². The van der Waals surface area contributed by atoms with Crippen molar-refractivity contribution in [3.05, 3.63) is 35.4 Å². The molecule has 5 rings (SSSR count). The second-order valence-corrected chi connectivity index (χ2v) is 18.4. The molecular formula is C34H51N3O7S2. The number of carbonyl (C=O) groups is 3. The highest BCUT2D eigenvalue weighted by molar-refractivity contribution is 7.98. The summed E-state index contributed by atoms with van der Waals surface area (Å²) in [7, 11) is -3.70. The molecule has 3 fully saturated rings. The van der Waals surface area contributed by atoms with Crippen molar-refractivity contribution in [3.63, 3.8) is 0 Å². The Hall–Kier alpha value is -2.31. The molecule has 4 aliphatic rings. The Morgan fingerprint density at radius 1 is 1.13 bits per heavy atom. The Kier molecular flexibility index (Phi) is 9.60. The molecule has 2 N–H and O–H groups in total. The standard InChI is InChI=1S/C34H51N3O7S2/c1-31(2,3)44-30(41)37(26(28(38)39)13-20-45-6)29(40)35-27-21-24-12-15-34(27,32(24,4)5)22-46(42,43)36-18-16-33(17-19-36)14-11-23-9-7-8-10-25(23)33/h7-10,24,26-27H,11-22H2,1-6H3,(H,35,40)(H,38,39)/t24-,26+,27+,34-/m1/s1. The number of nitrogens with one attached hydrogen (secondary N) is 1. The number of sulfonamides is 1. The summed E-state index contributed by atoms with van der Waals surface area (Å²) < 4.78 is 35.7. The number of benzene rings is 1. The van der Waals surface area contributed by atoms with Crippen molar-refractivity contribution in [3.8, 4) is 0 Å². The Balaban J connectivity index is 1.37. The molecule has 46 heavy (non-hydrogen) atoms. The number of carboxylic acid groups (broad SMARTS) is 1. The lowest BCUT2D eigenvalue weighted by molar-refractivity contribution is -0.142. The van der Waals surface area contributed by atoms with Crippen molar-refractivity contribution in [2.45, 2.75) is 109 Å². The van der Waals surface area contributed by atoms with Gasteiger partial charge in [0.15, 0.2) is 0 Å². The van der Waals surface area contributed by atoms with Crippen LogP contribution in [-0.4, -0.2) is 89.4 Å². The Labute approximate surface area is 278 Å². The molecule has 1 saturated heterocycles. The number of carbonyl (C=O) groups excluding carboxylic acids is 2. The zero-order chi connectivity index (χ0) is 33.7. The van der Waals surface area contributed by atoms with E-state index in [-0.39, 0.29) is 28.9 Å². The molecule has 3 aliphatic carbocycles. The normalized spacial score (nSPS) is 27.3. The molecule has 1 aromatic rings. The Morgan fingerprint density at radius 3 is 2.41 bits per heavy atom. The molecule has 1 aliphatic heterocycles. The quantitative estimate of drug-likeness (QED) is 0.343. The molecular weight excluding hydrogens is 627 g/mol. The Morgan fingerprint density at radius 2 is 1.80 bits per heavy atom. The molecule has 10 nitrogen and oxygen atoms in total. The molecule has 256 valence electrons. The molecule has 3 amide bonds. The van der Waals surface area contributed by atoms with E-state index < -0.39 is 51.2 Å². The number of aryl methyl sites for hydroxylation is 1. The maximum atomic E-state index is 14.3. The fraction of sp³-hybridized carbons (Fsp3) is 0.735. The summed E-state index contributed by atoms with van der Waals surface area (Å²) in [5.41, 5.74) is 0.677. The molecule has 12 heteroatoms. The SMILES string of the molecule is CSCC[C@@H](C(=O)O)N(C(=O)N[C@H]1C[C@H]2CC[C@]1(CS(=O)(=O)N1CCC3(CCc4ccccc43)CC1)C2(C)C)C(=O)OC(C)(C)C. The van der Waals surface area contributed by atoms with Gasteiger partial charge in [-0.15, -0.1) is 0 Å². The van der Waals surface area contributed by atoms with E-state index in [0.717, 1.165) is 32.1 Å². The zero-order valence-corrected chi connectivity index (χ0v) is 29.8. The summed E-state index contributed by atoms with van der Waals surface area (Å²) in [5.74, 6) is -0.783. The van der Waals surface area contributed by atoms with Gasteiger partial charge in [0, 0.05) is 24.5 Å². The lowest BCUT2D eigenvalue weighted by Crippen LogP contribution is -2.60. The van der Waals surface area contributed by atoms with Crippen LogP contribution in [0.3, 0.4) is 0 Å². The van der Waals surface area contributed by atoms with E-state index in [4.69, 9.17) is 4.74 Å². The first-order valence-corrected chi connectivity index (χ1v) is 19.6. The van der Waals surface area contributed by atoms with E-state index in [1.54, 1.807) is 25.1 Å². The van der Waals surface area contributed by atoms with E-state index in [1.165, 1.54) is 22.9 Å². The highest BCUT2D eigenvalue weighted by Gasteiger charge is 2.66. The first kappa shape index (κ1) is 35.0. The van der Waals surface area contributed by atoms with Crippen LogP contribution >= 0.6 is 11.8 Å². The van der Waals surface area contributed by atoms with Crippen molar-refractivity contribution >= 4 is 39.9 Å². The second-order valence-electron chi connectivity index (χ2n) is 15.4. The highest BCUT2D eigenvalue weighted by Crippen LogP contribution is 2.66. The maximum absolute atomic E-state index is 14.3. The van der Waals surface area contributed by atoms with Gasteiger partial charge < -0.3 is 15.2 Å². The minimum atomic E-state index is -3.70. The van der Waals surface area contributed by atoms with E-state index >= 15 is 0 Å². The predicted molar refractivity (Wildman–Crippen MR) is 179 cm³/mol. The number of amides is 3. The summed E-state index contributed by atoms with van der Waals surface area (Å²) >= 11 is 1.42. The van der Waals surface area contributed by atoms with Crippen LogP contribution in [0, 0.1) is 16.7 Å². The highest BCUT2D eigenvalue weighted by atomic mass is 32.2. The van der Waals surface area contributed by atoms with Gasteiger partial charge in [-0.1, -0.05) is 38.1 Å². The topological polar surface area (TPSA) is 133 Å². The lowest BCUT2D eigenvalue weighted by Gasteiger charge is -2.45. The fourth-order valence-electron chi connectivity index (χ4n) is 8.99. The number of fused-ring (bicyclic) bond motifs is 4. The molecule has 1 aromatic carbocycles. The molecule has 0 unspecified atom stereocenters. The minimum Gasteiger partial charge on any atom is -0.480 e. The number of rotatable bonds is 9. The lowest BCUT2D eigenvalue weighted by atomic mass is 9.69. The van der Waals surface area contributed by atoms with Crippen molar-refractivity contribution in [1.29, 1.82) is 0 Å². The number of piperidine rings is 1. The molecule has 1 heterocycles. The Bertz CT molecular complexity index is 1450. The number of carboxylic acids is 1. The van der Waals surface area contributed by atoms with Crippen LogP contribution < -0.4 is 5.32 Å². The molecule has 2 saturated carbocycles. The third-order valence-electron chi connectivity index (χ3n) is 11.7. The number of nitrogens with zero attached hydrogens (tertiary/aromatic N) is 2. The zero-order valence-electron chi connectivity index (χ0n) is 28.1. The van der Waals surface area contributed by atoms with Crippen LogP contribution in [0.25, 0.3) is 0 Å². The fourth-order valence-corrected chi connectivity index (χ4v) is 11.7. The minimum absolute atomic E-state index is 0.0323. The number of aliphatic carboxylic acids is 1. The van der Waals surface area contributed by atoms with E-state index in [1.807, 2.05) is 6.26 Å². The first-order valence-electron chi connectivity index (χ1n) is 16.6. The van der Waals surface area contributed by atoms with Crippen LogP contribution in [0.2, 0.25) is 0 Å². The van der Waals surface area contributed by atoms with Gasteiger partial charge in [-0.3, -0.25) is 0 Å². The monoisotopic (exact) mass is 677 g/mol. The van der Waals surface area contributed by atoms with Gasteiger partial charge in [0.25, 0.3) is 0 Å². The van der Waals surface area contributed by atoms with Gasteiger partial charge in [0.2, 0.25) is 10.0 Å². The number of thioether (sulfide) groups is 1. The van der Waals surface area contributed by atoms with Crippen LogP contribution in [0.15, 0.2) is 24.3 Å². The third kappa shape index (κ3) is 6.30. The largest absolute Gasteiger partial charge is 0.480 e. The van der Waals surface area contributed by atoms with E-state index in [0.29, 0.717) is 36.6 Å². The summed E-state index contributed by atoms with van der Waals surface area (Å²) in [5, 5.41) is 13.1. The maximum Gasteiger partial charge on any atom is 0.419 e. The second kappa shape index (κ2) is 12.6. The van der Waals surface area contributed by atoms with Gasteiger partial charge in [-0.25, -0.2) is 32.0 Å². The van der Waals surface area contributed by atoms with Gasteiger partial charge in [0.1, 0.15) is 11.6 Å². The van der Waals surface area contributed by atoms with Crippen LogP contribution in [0.5, 0.6) is 0 Å². The van der Waals surface area contributed by atoms with Crippen molar-refractivity contribution in [1.82, 2.24) is 14.5 Å². The average Bonchev–Trinajstić information content (AvgIpc) is 3.50. The molecule has 1 spiro atoms. The van der Waals surface area contributed by atoms with Crippen LogP contribution in [0.4, 0.5) is 9.59 Å². The van der Waals surface area contributed by atoms with Gasteiger partial charge >= 0.3 is 18.1 Å². The van der Waals surface area contributed by atoms with Crippen molar-refractivity contribution in [2.75, 3.05) is 30.9 Å². The third-order valence-corrected chi connectivity index (χ3v) is 14.4. The summed E-state index contributed by atoms with van der Waals surface area (Å²) in [6.07, 6.45) is 6.57. The van der Waals surface area contributed by atoms with Gasteiger partial charge in [-0.2, -0.15) is 11.8 Å². The van der Waals surface area contributed by atoms with E-state index in [9.17, 15) is 27.9 Å². The number of urea groups is 1. The molecule has 2 bridgehead atoms. The summed E-state index contributed by atoms with van der Waals surface area (Å²) in [4.78, 5) is 40.3. The van der Waals surface area contributed by atoms with Gasteiger partial charge in [-0.05, 0) is 112 Å². The molecule has 0 radical (unpaired) electrons. The van der Waals surface area contributed by atoms with Gasteiger partial charge in [0.05, 0.1) is 5.75 Å². The molecule has 4 atom stereocenters. The first-order chi connectivity index (χ1) is 21.5. The van der Waals surface area contributed by atoms with Crippen LogP contribution in [-0.2, 0) is 31.4 Å². The number of imide groups is 1. The molecule has 0 aromatic heterocycles. The predicted octanol–water partition coefficient (Wildman–Crippen LogP) is 5.64. The average molecular weight is 678 g/mol. The number of hydrogen-bond donors (Lipinski definition) is 2. The summed E-state index contributed by atoms with van der Waals surface area (Å²) in [6.45, 7) is 10.1. The smallest absolute Gasteiger partial charge is 0.419 e.